The lowest BCUT2D eigenvalue weighted by Gasteiger charge is -2.39. The van der Waals surface area contributed by atoms with Gasteiger partial charge in [-0.25, -0.2) is 4.39 Å². The number of likely N-dealkylation sites (tertiary alicyclic amines) is 1. The monoisotopic (exact) mass is 599 g/mol. The summed E-state index contributed by atoms with van der Waals surface area (Å²) in [5.41, 5.74) is 2.46. The molecule has 2 amide bonds. The van der Waals surface area contributed by atoms with Gasteiger partial charge in [-0.3, -0.25) is 14.5 Å². The van der Waals surface area contributed by atoms with Gasteiger partial charge in [-0.2, -0.15) is 0 Å². The Morgan fingerprint density at radius 3 is 2.26 bits per heavy atom. The van der Waals surface area contributed by atoms with E-state index in [1.165, 1.54) is 6.07 Å². The van der Waals surface area contributed by atoms with E-state index in [1.54, 1.807) is 6.07 Å². The largest absolute Gasteiger partial charge is 0.365 e. The second-order valence-electron chi connectivity index (χ2n) is 12.6. The van der Waals surface area contributed by atoms with Crippen LogP contribution in [-0.4, -0.2) is 92.5 Å². The van der Waals surface area contributed by atoms with Crippen molar-refractivity contribution in [1.82, 2.24) is 20.0 Å². The predicted octanol–water partition coefficient (Wildman–Crippen LogP) is 5.02. The van der Waals surface area contributed by atoms with Crippen LogP contribution < -0.4 is 10.2 Å². The van der Waals surface area contributed by atoms with E-state index in [4.69, 9.17) is 11.6 Å². The van der Waals surface area contributed by atoms with Crippen LogP contribution in [0.5, 0.6) is 0 Å². The van der Waals surface area contributed by atoms with Crippen LogP contribution in [0.2, 0.25) is 5.02 Å². The number of benzene rings is 2. The second kappa shape index (κ2) is 14.2. The van der Waals surface area contributed by atoms with Crippen molar-refractivity contribution in [3.63, 3.8) is 0 Å². The lowest BCUT2D eigenvalue weighted by molar-refractivity contribution is -0.136. The van der Waals surface area contributed by atoms with Gasteiger partial charge < -0.3 is 20.0 Å². The lowest BCUT2D eigenvalue weighted by Crippen LogP contribution is -2.52. The van der Waals surface area contributed by atoms with Gasteiger partial charge in [0.2, 0.25) is 11.8 Å². The molecule has 2 aliphatic heterocycles. The van der Waals surface area contributed by atoms with Crippen LogP contribution in [0, 0.1) is 17.7 Å². The topological polar surface area (TPSA) is 59.1 Å². The summed E-state index contributed by atoms with van der Waals surface area (Å²) >= 11 is 6.15. The van der Waals surface area contributed by atoms with Crippen molar-refractivity contribution in [1.29, 1.82) is 0 Å². The Hall–Kier alpha value is -2.68. The number of carbonyl (C=O) groups is 2. The van der Waals surface area contributed by atoms with Crippen molar-refractivity contribution in [3.05, 3.63) is 64.4 Å². The number of rotatable bonds is 10. The van der Waals surface area contributed by atoms with Crippen LogP contribution in [0.25, 0.3) is 0 Å². The Morgan fingerprint density at radius 1 is 1.00 bits per heavy atom. The summed E-state index contributed by atoms with van der Waals surface area (Å²) in [5, 5.41) is 3.85. The van der Waals surface area contributed by atoms with E-state index in [-0.39, 0.29) is 41.4 Å². The maximum absolute atomic E-state index is 15.5. The maximum atomic E-state index is 15.5. The minimum Gasteiger partial charge on any atom is -0.365 e. The van der Waals surface area contributed by atoms with Gasteiger partial charge in [0.05, 0.1) is 17.6 Å². The molecular formula is C33H47ClFN5O2. The Bertz CT molecular complexity index is 1210. The van der Waals surface area contributed by atoms with E-state index in [0.717, 1.165) is 24.2 Å². The fourth-order valence-corrected chi connectivity index (χ4v) is 6.36. The lowest BCUT2D eigenvalue weighted by atomic mass is 9.88. The van der Waals surface area contributed by atoms with Crippen molar-refractivity contribution in [2.24, 2.45) is 11.8 Å². The molecule has 2 aromatic rings. The van der Waals surface area contributed by atoms with Crippen LogP contribution >= 0.6 is 11.6 Å². The molecule has 230 valence electrons. The van der Waals surface area contributed by atoms with Crippen molar-refractivity contribution < 1.29 is 14.0 Å². The van der Waals surface area contributed by atoms with E-state index in [1.807, 2.05) is 73.0 Å². The number of hydrogen-bond donors (Lipinski definition) is 1. The number of nitrogens with zero attached hydrogens (tertiary/aromatic N) is 4. The van der Waals surface area contributed by atoms with E-state index < -0.39 is 0 Å². The molecule has 0 saturated carbocycles. The fraction of sp³-hybridized carbons (Fsp3) is 0.576. The first-order valence-corrected chi connectivity index (χ1v) is 15.6. The third kappa shape index (κ3) is 7.63. The van der Waals surface area contributed by atoms with Crippen LogP contribution in [-0.2, 0) is 9.59 Å². The molecule has 42 heavy (non-hydrogen) atoms. The van der Waals surface area contributed by atoms with E-state index >= 15 is 4.39 Å². The molecule has 1 N–H and O–H groups in total. The highest BCUT2D eigenvalue weighted by molar-refractivity contribution is 6.30. The van der Waals surface area contributed by atoms with Gasteiger partial charge in [-0.1, -0.05) is 49.7 Å². The highest BCUT2D eigenvalue weighted by atomic mass is 35.5. The number of nitrogens with one attached hydrogen (secondary N) is 1. The normalized spacial score (nSPS) is 20.5. The number of para-hydroxylation sites is 1. The smallest absolute Gasteiger partial charge is 0.227 e. The maximum Gasteiger partial charge on any atom is 0.227 e. The Morgan fingerprint density at radius 2 is 1.67 bits per heavy atom. The van der Waals surface area contributed by atoms with Crippen molar-refractivity contribution >= 4 is 29.1 Å². The first kappa shape index (κ1) is 32.2. The van der Waals surface area contributed by atoms with Gasteiger partial charge in [-0.05, 0) is 57.6 Å². The van der Waals surface area contributed by atoms with Gasteiger partial charge in [0.25, 0.3) is 0 Å². The number of anilines is 1. The standard InChI is InChI=1S/C33H47ClFN5O2/c1-22(2)31(36-30(41)14-15-37(5)6)26-8-7-9-29(35)32(26)38-16-18-39(19-17-38)33(42)28-21-40(23(3)4)20-27(28)24-10-12-25(34)13-11-24/h7-13,22-23,27-28,31H,14-21H2,1-6H3,(H,36,41)/t27-,28+,31-/m0/s1. The van der Waals surface area contributed by atoms with Gasteiger partial charge in [-0.15, -0.1) is 0 Å². The SMILES string of the molecule is CC(C)[C@H](NC(=O)CCN(C)C)c1cccc(F)c1N1CCN(C(=O)[C@@H]2CN(C(C)C)C[C@H]2c2ccc(Cl)cc2)CC1. The summed E-state index contributed by atoms with van der Waals surface area (Å²) in [6, 6.07) is 13.0. The molecule has 2 aliphatic rings. The molecule has 3 atom stereocenters. The summed E-state index contributed by atoms with van der Waals surface area (Å²) in [4.78, 5) is 35.1. The van der Waals surface area contributed by atoms with E-state index in [9.17, 15) is 9.59 Å². The summed E-state index contributed by atoms with van der Waals surface area (Å²) in [5.74, 6) is -0.127. The third-order valence-corrected chi connectivity index (χ3v) is 8.98. The molecule has 0 unspecified atom stereocenters. The molecule has 2 heterocycles. The Balaban J connectivity index is 1.49. The molecule has 0 aliphatic carbocycles. The summed E-state index contributed by atoms with van der Waals surface area (Å²) in [7, 11) is 3.88. The average molecular weight is 600 g/mol. The fourth-order valence-electron chi connectivity index (χ4n) is 6.23. The first-order chi connectivity index (χ1) is 20.0. The Kier molecular flexibility index (Phi) is 10.9. The molecule has 0 radical (unpaired) electrons. The quantitative estimate of drug-likeness (QED) is 0.416. The number of piperazine rings is 1. The molecule has 0 bridgehead atoms. The average Bonchev–Trinajstić information content (AvgIpc) is 3.41. The number of carbonyl (C=O) groups excluding carboxylic acids is 2. The summed E-state index contributed by atoms with van der Waals surface area (Å²) < 4.78 is 15.5. The third-order valence-electron chi connectivity index (χ3n) is 8.72. The van der Waals surface area contributed by atoms with Crippen molar-refractivity contribution in [2.75, 3.05) is 64.8 Å². The molecule has 2 fully saturated rings. The molecule has 0 spiro atoms. The van der Waals surface area contributed by atoms with Crippen molar-refractivity contribution in [3.8, 4) is 0 Å². The van der Waals surface area contributed by atoms with Crippen molar-refractivity contribution in [2.45, 2.75) is 52.1 Å². The van der Waals surface area contributed by atoms with E-state index in [2.05, 4.69) is 24.1 Å². The molecule has 9 heteroatoms. The summed E-state index contributed by atoms with van der Waals surface area (Å²) in [6.07, 6.45) is 0.383. The minimum absolute atomic E-state index is 0.0460. The first-order valence-electron chi connectivity index (χ1n) is 15.2. The van der Waals surface area contributed by atoms with Gasteiger partial charge in [0.15, 0.2) is 0 Å². The van der Waals surface area contributed by atoms with Gasteiger partial charge in [0, 0.05) is 74.8 Å². The van der Waals surface area contributed by atoms with Gasteiger partial charge in [0.1, 0.15) is 5.82 Å². The highest BCUT2D eigenvalue weighted by Gasteiger charge is 2.41. The second-order valence-corrected chi connectivity index (χ2v) is 13.1. The molecule has 7 nitrogen and oxygen atoms in total. The predicted molar refractivity (Wildman–Crippen MR) is 168 cm³/mol. The molecular weight excluding hydrogens is 553 g/mol. The summed E-state index contributed by atoms with van der Waals surface area (Å²) in [6.45, 7) is 12.8. The van der Waals surface area contributed by atoms with Crippen LogP contribution in [0.1, 0.15) is 57.2 Å². The zero-order valence-electron chi connectivity index (χ0n) is 25.9. The van der Waals surface area contributed by atoms with E-state index in [0.29, 0.717) is 55.9 Å². The van der Waals surface area contributed by atoms with Crippen LogP contribution in [0.15, 0.2) is 42.5 Å². The highest BCUT2D eigenvalue weighted by Crippen LogP contribution is 2.37. The number of halogens is 2. The molecule has 2 aromatic carbocycles. The zero-order valence-corrected chi connectivity index (χ0v) is 26.7. The van der Waals surface area contributed by atoms with Gasteiger partial charge >= 0.3 is 0 Å². The molecule has 0 aromatic heterocycles. The van der Waals surface area contributed by atoms with Crippen LogP contribution in [0.3, 0.4) is 0 Å². The molecule has 2 saturated heterocycles. The number of hydrogen-bond acceptors (Lipinski definition) is 5. The molecule has 4 rings (SSSR count). The zero-order chi connectivity index (χ0) is 30.6. The Labute approximate surface area is 256 Å². The van der Waals surface area contributed by atoms with Crippen LogP contribution in [0.4, 0.5) is 10.1 Å². The number of amides is 2. The minimum atomic E-state index is -0.314.